The minimum absolute atomic E-state index is 0.0947. The molecule has 0 saturated carbocycles. The van der Waals surface area contributed by atoms with Gasteiger partial charge in [-0.25, -0.2) is 13.6 Å². The van der Waals surface area contributed by atoms with Crippen LogP contribution in [0.3, 0.4) is 0 Å². The van der Waals surface area contributed by atoms with Crippen LogP contribution in [0, 0.1) is 11.6 Å². The summed E-state index contributed by atoms with van der Waals surface area (Å²) in [5, 5.41) is 12.8. The first-order valence-corrected chi connectivity index (χ1v) is 8.24. The molecule has 2 unspecified atom stereocenters. The zero-order chi connectivity index (χ0) is 18.7. The van der Waals surface area contributed by atoms with Crippen LogP contribution in [0.4, 0.5) is 13.6 Å². The lowest BCUT2D eigenvalue weighted by molar-refractivity contribution is -0.128. The van der Waals surface area contributed by atoms with Crippen molar-refractivity contribution in [2.24, 2.45) is 0 Å². The molecule has 3 amide bonds. The van der Waals surface area contributed by atoms with Crippen molar-refractivity contribution in [1.29, 1.82) is 0 Å². The predicted molar refractivity (Wildman–Crippen MR) is 90.1 cm³/mol. The number of imide groups is 1. The summed E-state index contributed by atoms with van der Waals surface area (Å²) in [5.41, 5.74) is 1.15. The van der Waals surface area contributed by atoms with Gasteiger partial charge in [0.15, 0.2) is 11.6 Å². The average molecular weight is 360 g/mol. The van der Waals surface area contributed by atoms with Crippen LogP contribution >= 0.6 is 0 Å². The number of aliphatic hydroxyl groups excluding tert-OH is 1. The number of aryl methyl sites for hydroxylation is 1. The van der Waals surface area contributed by atoms with Crippen molar-refractivity contribution in [2.45, 2.75) is 25.0 Å². The van der Waals surface area contributed by atoms with E-state index in [1.807, 2.05) is 30.3 Å². The van der Waals surface area contributed by atoms with Gasteiger partial charge in [-0.15, -0.1) is 0 Å². The SMILES string of the molecule is O=C1NC(CCc2ccccc2)C(=O)N1CC(O)c1ccc(F)c(F)c1. The van der Waals surface area contributed by atoms with Crippen LogP contribution in [-0.4, -0.2) is 34.5 Å². The van der Waals surface area contributed by atoms with Crippen molar-refractivity contribution in [1.82, 2.24) is 10.2 Å². The third-order valence-electron chi connectivity index (χ3n) is 4.36. The molecule has 1 aliphatic rings. The summed E-state index contributed by atoms with van der Waals surface area (Å²) >= 11 is 0. The highest BCUT2D eigenvalue weighted by Crippen LogP contribution is 2.20. The highest BCUT2D eigenvalue weighted by atomic mass is 19.2. The van der Waals surface area contributed by atoms with Crippen molar-refractivity contribution in [3.8, 4) is 0 Å². The fraction of sp³-hybridized carbons (Fsp3) is 0.263. The molecule has 1 heterocycles. The molecule has 1 aliphatic heterocycles. The lowest BCUT2D eigenvalue weighted by Crippen LogP contribution is -2.35. The first kappa shape index (κ1) is 18.0. The van der Waals surface area contributed by atoms with Gasteiger partial charge in [-0.2, -0.15) is 0 Å². The minimum Gasteiger partial charge on any atom is -0.387 e. The number of urea groups is 1. The summed E-state index contributed by atoms with van der Waals surface area (Å²) in [7, 11) is 0. The Bertz CT molecular complexity index is 814. The van der Waals surface area contributed by atoms with Gasteiger partial charge in [0.05, 0.1) is 12.6 Å². The largest absolute Gasteiger partial charge is 0.387 e. The molecule has 26 heavy (non-hydrogen) atoms. The van der Waals surface area contributed by atoms with E-state index in [9.17, 15) is 23.5 Å². The van der Waals surface area contributed by atoms with Gasteiger partial charge >= 0.3 is 6.03 Å². The Balaban J connectivity index is 1.62. The van der Waals surface area contributed by atoms with Crippen LogP contribution in [-0.2, 0) is 11.2 Å². The molecular weight excluding hydrogens is 342 g/mol. The number of hydrogen-bond acceptors (Lipinski definition) is 3. The molecule has 0 aromatic heterocycles. The van der Waals surface area contributed by atoms with E-state index in [1.54, 1.807) is 0 Å². The summed E-state index contributed by atoms with van der Waals surface area (Å²) in [6.07, 6.45) is -0.239. The number of rotatable bonds is 6. The quantitative estimate of drug-likeness (QED) is 0.778. The molecule has 2 aromatic carbocycles. The van der Waals surface area contributed by atoms with Crippen molar-refractivity contribution < 1.29 is 23.5 Å². The Morgan fingerprint density at radius 3 is 2.50 bits per heavy atom. The van der Waals surface area contributed by atoms with Crippen molar-refractivity contribution in [3.05, 3.63) is 71.3 Å². The molecule has 7 heteroatoms. The van der Waals surface area contributed by atoms with E-state index in [1.165, 1.54) is 6.07 Å². The second kappa shape index (κ2) is 7.61. The Morgan fingerprint density at radius 1 is 1.08 bits per heavy atom. The van der Waals surface area contributed by atoms with Gasteiger partial charge in [-0.1, -0.05) is 36.4 Å². The molecule has 136 valence electrons. The molecule has 2 atom stereocenters. The lowest BCUT2D eigenvalue weighted by atomic mass is 10.0. The average Bonchev–Trinajstić information content (AvgIpc) is 2.90. The molecule has 3 rings (SSSR count). The van der Waals surface area contributed by atoms with E-state index < -0.39 is 35.7 Å². The summed E-state index contributed by atoms with van der Waals surface area (Å²) in [4.78, 5) is 25.4. The van der Waals surface area contributed by atoms with Crippen LogP contribution < -0.4 is 5.32 Å². The fourth-order valence-electron chi connectivity index (χ4n) is 2.90. The van der Waals surface area contributed by atoms with Crippen molar-refractivity contribution >= 4 is 11.9 Å². The highest BCUT2D eigenvalue weighted by molar-refractivity contribution is 6.04. The third-order valence-corrected chi connectivity index (χ3v) is 4.36. The van der Waals surface area contributed by atoms with Crippen LogP contribution in [0.1, 0.15) is 23.7 Å². The molecule has 0 radical (unpaired) electrons. The number of carbonyl (C=O) groups excluding carboxylic acids is 2. The Hall–Kier alpha value is -2.80. The third kappa shape index (κ3) is 3.88. The molecule has 5 nitrogen and oxygen atoms in total. The van der Waals surface area contributed by atoms with Gasteiger partial charge < -0.3 is 10.4 Å². The smallest absolute Gasteiger partial charge is 0.324 e. The normalized spacial score (nSPS) is 18.1. The minimum atomic E-state index is -1.30. The van der Waals surface area contributed by atoms with E-state index in [0.717, 1.165) is 22.6 Å². The number of amides is 3. The Kier molecular flexibility index (Phi) is 5.27. The summed E-state index contributed by atoms with van der Waals surface area (Å²) in [6.45, 7) is -0.322. The van der Waals surface area contributed by atoms with Crippen LogP contribution in [0.25, 0.3) is 0 Å². The first-order valence-electron chi connectivity index (χ1n) is 8.24. The molecule has 0 aliphatic carbocycles. The molecular formula is C19H18F2N2O3. The second-order valence-electron chi connectivity index (χ2n) is 6.16. The number of halogens is 2. The number of nitrogens with zero attached hydrogens (tertiary/aromatic N) is 1. The van der Waals surface area contributed by atoms with E-state index in [0.29, 0.717) is 12.8 Å². The van der Waals surface area contributed by atoms with Crippen molar-refractivity contribution in [2.75, 3.05) is 6.54 Å². The maximum atomic E-state index is 13.3. The first-order chi connectivity index (χ1) is 12.5. The number of β-amino-alcohol motifs (C(OH)–C–C–N with tert-alkyl or cyclic N) is 1. The summed E-state index contributed by atoms with van der Waals surface area (Å²) < 4.78 is 26.3. The number of benzene rings is 2. The zero-order valence-electron chi connectivity index (χ0n) is 13.9. The molecule has 1 fully saturated rings. The summed E-state index contributed by atoms with van der Waals surface area (Å²) in [6, 6.07) is 11.3. The Labute approximate surface area is 149 Å². The van der Waals surface area contributed by atoms with E-state index in [-0.39, 0.29) is 12.1 Å². The lowest BCUT2D eigenvalue weighted by Gasteiger charge is -2.18. The van der Waals surface area contributed by atoms with Gasteiger partial charge in [0.25, 0.3) is 5.91 Å². The van der Waals surface area contributed by atoms with Gasteiger partial charge in [-0.05, 0) is 36.1 Å². The van der Waals surface area contributed by atoms with E-state index in [4.69, 9.17) is 0 Å². The molecule has 0 spiro atoms. The zero-order valence-corrected chi connectivity index (χ0v) is 13.9. The highest BCUT2D eigenvalue weighted by Gasteiger charge is 2.38. The summed E-state index contributed by atoms with van der Waals surface area (Å²) in [5.74, 6) is -2.57. The molecule has 2 N–H and O–H groups in total. The van der Waals surface area contributed by atoms with Gasteiger partial charge in [-0.3, -0.25) is 9.69 Å². The standard InChI is InChI=1S/C19H18F2N2O3/c20-14-8-7-13(10-15(14)21)17(24)11-23-18(25)16(22-19(23)26)9-6-12-4-2-1-3-5-12/h1-5,7-8,10,16-17,24H,6,9,11H2,(H,22,26). The molecule has 1 saturated heterocycles. The van der Waals surface area contributed by atoms with E-state index >= 15 is 0 Å². The van der Waals surface area contributed by atoms with E-state index in [2.05, 4.69) is 5.32 Å². The topological polar surface area (TPSA) is 69.6 Å². The van der Waals surface area contributed by atoms with Gasteiger partial charge in [0, 0.05) is 0 Å². The maximum absolute atomic E-state index is 13.3. The predicted octanol–water partition coefficient (Wildman–Crippen LogP) is 2.55. The van der Waals surface area contributed by atoms with Gasteiger partial charge in [0.2, 0.25) is 0 Å². The Morgan fingerprint density at radius 2 is 1.81 bits per heavy atom. The number of hydrogen-bond donors (Lipinski definition) is 2. The monoisotopic (exact) mass is 360 g/mol. The number of nitrogens with one attached hydrogen (secondary N) is 1. The number of aliphatic hydroxyl groups is 1. The molecule has 0 bridgehead atoms. The van der Waals surface area contributed by atoms with Crippen LogP contribution in [0.2, 0.25) is 0 Å². The van der Waals surface area contributed by atoms with Crippen molar-refractivity contribution in [3.63, 3.8) is 0 Å². The van der Waals surface area contributed by atoms with Crippen LogP contribution in [0.15, 0.2) is 48.5 Å². The molecule has 2 aromatic rings. The maximum Gasteiger partial charge on any atom is 0.324 e. The van der Waals surface area contributed by atoms with Crippen LogP contribution in [0.5, 0.6) is 0 Å². The number of carbonyl (C=O) groups is 2. The van der Waals surface area contributed by atoms with Gasteiger partial charge in [0.1, 0.15) is 6.04 Å². The fourth-order valence-corrected chi connectivity index (χ4v) is 2.90. The second-order valence-corrected chi connectivity index (χ2v) is 6.16.